The van der Waals surface area contributed by atoms with Gasteiger partial charge in [-0.1, -0.05) is 11.3 Å². The number of sulfonamides is 1. The van der Waals surface area contributed by atoms with Gasteiger partial charge in [0.05, 0.1) is 12.1 Å². The summed E-state index contributed by atoms with van der Waals surface area (Å²) in [5, 5.41) is 6.89. The van der Waals surface area contributed by atoms with Crippen LogP contribution in [0.3, 0.4) is 0 Å². The van der Waals surface area contributed by atoms with Crippen molar-refractivity contribution in [2.24, 2.45) is 5.14 Å². The van der Waals surface area contributed by atoms with Gasteiger partial charge in [0.15, 0.2) is 9.34 Å². The minimum absolute atomic E-state index is 0.0821. The summed E-state index contributed by atoms with van der Waals surface area (Å²) in [4.78, 5) is 14.9. The minimum atomic E-state index is -4.43. The lowest BCUT2D eigenvalue weighted by Crippen LogP contribution is -2.16. The van der Waals surface area contributed by atoms with Crippen LogP contribution in [0.25, 0.3) is 0 Å². The molecule has 0 saturated heterocycles. The highest BCUT2D eigenvalue weighted by Gasteiger charge is 2.28. The molecule has 0 aliphatic carbocycles. The SMILES string of the molecule is Cc1nc(NC(=O)CCC(F)(F)F)sc1S(N)(=O)=O. The lowest BCUT2D eigenvalue weighted by Gasteiger charge is -2.05. The lowest BCUT2D eigenvalue weighted by atomic mass is 10.3. The van der Waals surface area contributed by atoms with E-state index in [1.165, 1.54) is 6.92 Å². The Morgan fingerprint density at radius 3 is 2.47 bits per heavy atom. The summed E-state index contributed by atoms with van der Waals surface area (Å²) in [6.07, 6.45) is -6.44. The number of nitrogens with two attached hydrogens (primary N) is 1. The summed E-state index contributed by atoms with van der Waals surface area (Å²) in [5.74, 6) is -0.896. The molecule has 0 fully saturated rings. The summed E-state index contributed by atoms with van der Waals surface area (Å²) >= 11 is 0.591. The van der Waals surface area contributed by atoms with Crippen LogP contribution in [0.15, 0.2) is 4.21 Å². The fourth-order valence-corrected chi connectivity index (χ4v) is 3.01. The molecule has 19 heavy (non-hydrogen) atoms. The Balaban J connectivity index is 2.71. The number of thiazole rings is 1. The first-order valence-corrected chi connectivity index (χ1v) is 7.22. The Kier molecular flexibility index (Phi) is 4.53. The average Bonchev–Trinajstić information content (AvgIpc) is 2.55. The van der Waals surface area contributed by atoms with Crippen molar-refractivity contribution in [1.29, 1.82) is 0 Å². The van der Waals surface area contributed by atoms with Gasteiger partial charge in [-0.3, -0.25) is 4.79 Å². The second-order valence-electron chi connectivity index (χ2n) is 3.60. The molecular weight excluding hydrogens is 307 g/mol. The highest BCUT2D eigenvalue weighted by Crippen LogP contribution is 2.27. The van der Waals surface area contributed by atoms with E-state index in [-0.39, 0.29) is 15.0 Å². The van der Waals surface area contributed by atoms with E-state index in [4.69, 9.17) is 5.14 Å². The van der Waals surface area contributed by atoms with Gasteiger partial charge in [0.25, 0.3) is 0 Å². The first-order valence-electron chi connectivity index (χ1n) is 4.86. The number of aromatic nitrogens is 1. The lowest BCUT2D eigenvalue weighted by molar-refractivity contribution is -0.142. The highest BCUT2D eigenvalue weighted by atomic mass is 32.2. The topological polar surface area (TPSA) is 102 Å². The molecule has 1 heterocycles. The van der Waals surface area contributed by atoms with Crippen molar-refractivity contribution in [3.8, 4) is 0 Å². The molecule has 6 nitrogen and oxygen atoms in total. The van der Waals surface area contributed by atoms with E-state index in [0.29, 0.717) is 11.3 Å². The third kappa shape index (κ3) is 5.12. The van der Waals surface area contributed by atoms with Gasteiger partial charge >= 0.3 is 6.18 Å². The molecule has 0 radical (unpaired) electrons. The van der Waals surface area contributed by atoms with Gasteiger partial charge in [-0.2, -0.15) is 13.2 Å². The van der Waals surface area contributed by atoms with Gasteiger partial charge in [0.1, 0.15) is 0 Å². The molecule has 0 aromatic carbocycles. The fourth-order valence-electron chi connectivity index (χ4n) is 1.14. The van der Waals surface area contributed by atoms with Crippen molar-refractivity contribution in [1.82, 2.24) is 4.98 Å². The van der Waals surface area contributed by atoms with Crippen LogP contribution in [0.4, 0.5) is 18.3 Å². The number of nitrogens with one attached hydrogen (secondary N) is 1. The number of nitrogens with zero attached hydrogens (tertiary/aromatic N) is 1. The quantitative estimate of drug-likeness (QED) is 0.875. The molecule has 1 rings (SSSR count). The standard InChI is InChI=1S/C8H10F3N3O3S2/c1-4-6(19(12,16)17)18-7(13-4)14-5(15)2-3-8(9,10)11/h2-3H2,1H3,(H2,12,16,17)(H,13,14,15). The number of halogens is 3. The number of anilines is 1. The van der Waals surface area contributed by atoms with Gasteiger partial charge < -0.3 is 5.32 Å². The zero-order valence-corrected chi connectivity index (χ0v) is 11.2. The van der Waals surface area contributed by atoms with Crippen LogP contribution in [0.5, 0.6) is 0 Å². The second-order valence-corrected chi connectivity index (χ2v) is 6.36. The van der Waals surface area contributed by atoms with Crippen molar-refractivity contribution in [2.75, 3.05) is 5.32 Å². The Morgan fingerprint density at radius 2 is 2.05 bits per heavy atom. The van der Waals surface area contributed by atoms with Gasteiger partial charge in [0, 0.05) is 6.42 Å². The van der Waals surface area contributed by atoms with Gasteiger partial charge in [-0.05, 0) is 6.92 Å². The van der Waals surface area contributed by atoms with Gasteiger partial charge in [0.2, 0.25) is 15.9 Å². The van der Waals surface area contributed by atoms with Crippen LogP contribution >= 0.6 is 11.3 Å². The van der Waals surface area contributed by atoms with Crippen LogP contribution in [0.2, 0.25) is 0 Å². The first kappa shape index (κ1) is 15.9. The molecule has 0 aliphatic heterocycles. The van der Waals surface area contributed by atoms with Crippen molar-refractivity contribution in [3.63, 3.8) is 0 Å². The predicted molar refractivity (Wildman–Crippen MR) is 62.1 cm³/mol. The molecule has 0 unspecified atom stereocenters. The molecule has 1 aromatic rings. The van der Waals surface area contributed by atoms with Gasteiger partial charge in [-0.25, -0.2) is 18.5 Å². The van der Waals surface area contributed by atoms with E-state index in [0.717, 1.165) is 0 Å². The molecule has 11 heteroatoms. The van der Waals surface area contributed by atoms with Crippen molar-refractivity contribution < 1.29 is 26.4 Å². The first-order chi connectivity index (χ1) is 8.49. The molecule has 0 bridgehead atoms. The summed E-state index contributed by atoms with van der Waals surface area (Å²) in [7, 11) is -3.96. The number of carbonyl (C=O) groups excluding carboxylic acids is 1. The number of primary sulfonamides is 1. The van der Waals surface area contributed by atoms with Crippen LogP contribution in [0, 0.1) is 6.92 Å². The highest BCUT2D eigenvalue weighted by molar-refractivity contribution is 7.91. The summed E-state index contributed by atoms with van der Waals surface area (Å²) in [5.41, 5.74) is 0.0821. The maximum absolute atomic E-state index is 11.9. The maximum Gasteiger partial charge on any atom is 0.389 e. The maximum atomic E-state index is 11.9. The van der Waals surface area contributed by atoms with Crippen LogP contribution in [-0.4, -0.2) is 25.5 Å². The number of rotatable bonds is 4. The summed E-state index contributed by atoms with van der Waals surface area (Å²) in [6.45, 7) is 1.36. The number of aryl methyl sites for hydroxylation is 1. The smallest absolute Gasteiger partial charge is 0.302 e. The zero-order chi connectivity index (χ0) is 14.8. The van der Waals surface area contributed by atoms with E-state index in [1.807, 2.05) is 0 Å². The second kappa shape index (κ2) is 5.43. The average molecular weight is 317 g/mol. The summed E-state index contributed by atoms with van der Waals surface area (Å²) < 4.78 is 57.6. The normalized spacial score (nSPS) is 12.5. The Labute approximate surface area is 110 Å². The van der Waals surface area contributed by atoms with E-state index >= 15 is 0 Å². The van der Waals surface area contributed by atoms with E-state index in [2.05, 4.69) is 10.3 Å². The molecule has 1 aromatic heterocycles. The fraction of sp³-hybridized carbons (Fsp3) is 0.500. The van der Waals surface area contributed by atoms with Crippen molar-refractivity contribution in [2.45, 2.75) is 30.2 Å². The van der Waals surface area contributed by atoms with E-state index in [9.17, 15) is 26.4 Å². The Morgan fingerprint density at radius 1 is 1.47 bits per heavy atom. The van der Waals surface area contributed by atoms with Crippen LogP contribution in [-0.2, 0) is 14.8 Å². The Hall–Kier alpha value is -1.20. The Bertz CT molecular complexity index is 580. The van der Waals surface area contributed by atoms with Crippen molar-refractivity contribution in [3.05, 3.63) is 5.69 Å². The van der Waals surface area contributed by atoms with Crippen LogP contribution in [0.1, 0.15) is 18.5 Å². The zero-order valence-electron chi connectivity index (χ0n) is 9.61. The van der Waals surface area contributed by atoms with Crippen LogP contribution < -0.4 is 10.5 Å². The number of carbonyl (C=O) groups is 1. The summed E-state index contributed by atoms with van der Waals surface area (Å²) in [6, 6.07) is 0. The molecule has 0 saturated carbocycles. The van der Waals surface area contributed by atoms with E-state index < -0.39 is 34.9 Å². The minimum Gasteiger partial charge on any atom is -0.302 e. The number of alkyl halides is 3. The van der Waals surface area contributed by atoms with Crippen molar-refractivity contribution >= 4 is 32.4 Å². The monoisotopic (exact) mass is 317 g/mol. The number of amides is 1. The molecule has 0 atom stereocenters. The third-order valence-corrected chi connectivity index (χ3v) is 4.52. The molecule has 1 amide bonds. The molecular formula is C8H10F3N3O3S2. The predicted octanol–water partition coefficient (Wildman–Crippen LogP) is 1.38. The molecule has 108 valence electrons. The molecule has 0 aliphatic rings. The third-order valence-electron chi connectivity index (χ3n) is 1.89. The molecule has 3 N–H and O–H groups in total. The number of hydrogen-bond acceptors (Lipinski definition) is 5. The largest absolute Gasteiger partial charge is 0.389 e. The van der Waals surface area contributed by atoms with Gasteiger partial charge in [-0.15, -0.1) is 0 Å². The number of hydrogen-bond donors (Lipinski definition) is 2. The van der Waals surface area contributed by atoms with E-state index in [1.54, 1.807) is 0 Å². The molecule has 0 spiro atoms.